The summed E-state index contributed by atoms with van der Waals surface area (Å²) in [6.07, 6.45) is 4.27. The van der Waals surface area contributed by atoms with Crippen LogP contribution in [0, 0.1) is 0 Å². The van der Waals surface area contributed by atoms with Crippen LogP contribution in [0.2, 0.25) is 0 Å². The first kappa shape index (κ1) is 18.6. The topological polar surface area (TPSA) is 57.3 Å². The van der Waals surface area contributed by atoms with Gasteiger partial charge in [-0.1, -0.05) is 18.2 Å². The molecular formula is C21H30N4O. The second-order valence-electron chi connectivity index (χ2n) is 7.36. The molecular weight excluding hydrogens is 324 g/mol. The van der Waals surface area contributed by atoms with E-state index in [1.165, 1.54) is 30.2 Å². The Balaban J connectivity index is 1.70. The standard InChI is InChI=1S/C21H30N4O/c1-16(2)23-20(26)10-11-22-15-18-14-17-8-4-5-9-19(17)24-21(18)25-12-6-3-7-13-25/h4-5,8-9,14,16,22H,3,6-7,10-13,15H2,1-2H3,(H,23,26). The molecule has 26 heavy (non-hydrogen) atoms. The summed E-state index contributed by atoms with van der Waals surface area (Å²) in [7, 11) is 0. The van der Waals surface area contributed by atoms with Gasteiger partial charge in [0.25, 0.3) is 0 Å². The van der Waals surface area contributed by atoms with E-state index in [9.17, 15) is 4.79 Å². The van der Waals surface area contributed by atoms with Crippen molar-refractivity contribution < 1.29 is 4.79 Å². The summed E-state index contributed by atoms with van der Waals surface area (Å²) < 4.78 is 0. The quantitative estimate of drug-likeness (QED) is 0.750. The lowest BCUT2D eigenvalue weighted by molar-refractivity contribution is -0.121. The number of hydrogen-bond donors (Lipinski definition) is 2. The molecule has 0 atom stereocenters. The predicted octanol–water partition coefficient (Wildman–Crippen LogP) is 3.23. The average molecular weight is 354 g/mol. The first-order valence-electron chi connectivity index (χ1n) is 9.77. The van der Waals surface area contributed by atoms with Crippen LogP contribution in [-0.4, -0.2) is 36.6 Å². The first-order chi connectivity index (χ1) is 12.6. The van der Waals surface area contributed by atoms with Crippen molar-refractivity contribution in [1.29, 1.82) is 0 Å². The number of nitrogens with one attached hydrogen (secondary N) is 2. The molecule has 140 valence electrons. The second-order valence-corrected chi connectivity index (χ2v) is 7.36. The molecule has 1 aliphatic rings. The Kier molecular flexibility index (Phi) is 6.45. The van der Waals surface area contributed by atoms with Gasteiger partial charge in [-0.25, -0.2) is 4.98 Å². The third kappa shape index (κ3) is 4.94. The van der Waals surface area contributed by atoms with E-state index < -0.39 is 0 Å². The van der Waals surface area contributed by atoms with Crippen molar-refractivity contribution in [3.8, 4) is 0 Å². The maximum atomic E-state index is 11.8. The summed E-state index contributed by atoms with van der Waals surface area (Å²) in [4.78, 5) is 19.2. The number of rotatable bonds is 7. The third-order valence-corrected chi connectivity index (χ3v) is 4.73. The van der Waals surface area contributed by atoms with Gasteiger partial charge in [0.2, 0.25) is 5.91 Å². The summed E-state index contributed by atoms with van der Waals surface area (Å²) in [5.41, 5.74) is 2.27. The van der Waals surface area contributed by atoms with Gasteiger partial charge >= 0.3 is 0 Å². The zero-order chi connectivity index (χ0) is 18.4. The summed E-state index contributed by atoms with van der Waals surface area (Å²) >= 11 is 0. The number of nitrogens with zero attached hydrogens (tertiary/aromatic N) is 2. The minimum Gasteiger partial charge on any atom is -0.356 e. The van der Waals surface area contributed by atoms with Crippen LogP contribution in [0.1, 0.15) is 45.1 Å². The third-order valence-electron chi connectivity index (χ3n) is 4.73. The lowest BCUT2D eigenvalue weighted by atomic mass is 10.1. The molecule has 1 saturated heterocycles. The molecule has 1 aliphatic heterocycles. The van der Waals surface area contributed by atoms with E-state index in [1.54, 1.807) is 0 Å². The van der Waals surface area contributed by atoms with Crippen molar-refractivity contribution in [3.63, 3.8) is 0 Å². The molecule has 0 unspecified atom stereocenters. The van der Waals surface area contributed by atoms with E-state index in [0.29, 0.717) is 13.0 Å². The van der Waals surface area contributed by atoms with E-state index in [2.05, 4.69) is 39.8 Å². The van der Waals surface area contributed by atoms with Crippen LogP contribution in [0.25, 0.3) is 10.9 Å². The van der Waals surface area contributed by atoms with Crippen molar-refractivity contribution in [1.82, 2.24) is 15.6 Å². The Morgan fingerprint density at radius 3 is 2.73 bits per heavy atom. The van der Waals surface area contributed by atoms with Crippen LogP contribution in [0.15, 0.2) is 30.3 Å². The molecule has 2 N–H and O–H groups in total. The van der Waals surface area contributed by atoms with Crippen molar-refractivity contribution in [2.45, 2.75) is 52.1 Å². The number of benzene rings is 1. The molecule has 1 fully saturated rings. The van der Waals surface area contributed by atoms with Gasteiger partial charge in [0, 0.05) is 49.6 Å². The van der Waals surface area contributed by atoms with E-state index >= 15 is 0 Å². The Morgan fingerprint density at radius 2 is 1.96 bits per heavy atom. The van der Waals surface area contributed by atoms with Crippen LogP contribution in [0.4, 0.5) is 5.82 Å². The zero-order valence-corrected chi connectivity index (χ0v) is 15.9. The van der Waals surface area contributed by atoms with Crippen LogP contribution < -0.4 is 15.5 Å². The first-order valence-corrected chi connectivity index (χ1v) is 9.77. The molecule has 0 saturated carbocycles. The summed E-state index contributed by atoms with van der Waals surface area (Å²) in [5.74, 6) is 1.20. The number of fused-ring (bicyclic) bond motifs is 1. The van der Waals surface area contributed by atoms with Crippen LogP contribution >= 0.6 is 0 Å². The normalized spacial score (nSPS) is 14.8. The summed E-state index contributed by atoms with van der Waals surface area (Å²) in [6, 6.07) is 10.7. The number of piperidine rings is 1. The summed E-state index contributed by atoms with van der Waals surface area (Å²) in [5, 5.41) is 7.52. The van der Waals surface area contributed by atoms with Crippen molar-refractivity contribution in [2.75, 3.05) is 24.5 Å². The second kappa shape index (κ2) is 8.99. The molecule has 1 aromatic heterocycles. The number of pyridine rings is 1. The van der Waals surface area contributed by atoms with E-state index in [0.717, 1.165) is 31.0 Å². The highest BCUT2D eigenvalue weighted by Gasteiger charge is 2.17. The maximum absolute atomic E-state index is 11.8. The minimum atomic E-state index is 0.0976. The van der Waals surface area contributed by atoms with Crippen molar-refractivity contribution >= 4 is 22.6 Å². The molecule has 0 spiro atoms. The maximum Gasteiger partial charge on any atom is 0.221 e. The molecule has 0 radical (unpaired) electrons. The molecule has 5 heteroatoms. The molecule has 0 bridgehead atoms. The minimum absolute atomic E-state index is 0.0976. The number of carbonyl (C=O) groups is 1. The zero-order valence-electron chi connectivity index (χ0n) is 15.9. The number of hydrogen-bond acceptors (Lipinski definition) is 4. The highest BCUT2D eigenvalue weighted by Crippen LogP contribution is 2.26. The fourth-order valence-electron chi connectivity index (χ4n) is 3.48. The van der Waals surface area contributed by atoms with Crippen LogP contribution in [0.3, 0.4) is 0 Å². The molecule has 1 amide bonds. The number of aromatic nitrogens is 1. The SMILES string of the molecule is CC(C)NC(=O)CCNCc1cc2ccccc2nc1N1CCCCC1. The van der Waals surface area contributed by atoms with Gasteiger partial charge < -0.3 is 15.5 Å². The molecule has 5 nitrogen and oxygen atoms in total. The van der Waals surface area contributed by atoms with E-state index in [4.69, 9.17) is 4.98 Å². The molecule has 2 heterocycles. The number of anilines is 1. The van der Waals surface area contributed by atoms with Gasteiger partial charge in [0.15, 0.2) is 0 Å². The fourth-order valence-corrected chi connectivity index (χ4v) is 3.48. The van der Waals surface area contributed by atoms with Gasteiger partial charge in [0.1, 0.15) is 5.82 Å². The number of carbonyl (C=O) groups excluding carboxylic acids is 1. The van der Waals surface area contributed by atoms with Gasteiger partial charge in [-0.15, -0.1) is 0 Å². The molecule has 2 aromatic rings. The highest BCUT2D eigenvalue weighted by molar-refractivity contribution is 5.82. The number of para-hydroxylation sites is 1. The lowest BCUT2D eigenvalue weighted by Gasteiger charge is -2.30. The van der Waals surface area contributed by atoms with Gasteiger partial charge in [-0.2, -0.15) is 0 Å². The van der Waals surface area contributed by atoms with E-state index in [1.807, 2.05) is 19.9 Å². The molecule has 3 rings (SSSR count). The van der Waals surface area contributed by atoms with Crippen molar-refractivity contribution in [2.24, 2.45) is 0 Å². The predicted molar refractivity (Wildman–Crippen MR) is 107 cm³/mol. The molecule has 1 aromatic carbocycles. The van der Waals surface area contributed by atoms with Gasteiger partial charge in [-0.05, 0) is 45.2 Å². The highest BCUT2D eigenvalue weighted by atomic mass is 16.1. The monoisotopic (exact) mass is 354 g/mol. The Labute approximate surface area is 156 Å². The largest absolute Gasteiger partial charge is 0.356 e. The van der Waals surface area contributed by atoms with Crippen LogP contribution in [-0.2, 0) is 11.3 Å². The average Bonchev–Trinajstić information content (AvgIpc) is 2.64. The Hall–Kier alpha value is -2.14. The number of amides is 1. The Morgan fingerprint density at radius 1 is 1.19 bits per heavy atom. The van der Waals surface area contributed by atoms with Gasteiger partial charge in [0.05, 0.1) is 5.52 Å². The fraction of sp³-hybridized carbons (Fsp3) is 0.524. The Bertz CT molecular complexity index is 738. The lowest BCUT2D eigenvalue weighted by Crippen LogP contribution is -2.33. The van der Waals surface area contributed by atoms with Gasteiger partial charge in [-0.3, -0.25) is 4.79 Å². The summed E-state index contributed by atoms with van der Waals surface area (Å²) in [6.45, 7) is 7.53. The van der Waals surface area contributed by atoms with Crippen LogP contribution in [0.5, 0.6) is 0 Å². The van der Waals surface area contributed by atoms with E-state index in [-0.39, 0.29) is 11.9 Å². The smallest absolute Gasteiger partial charge is 0.221 e. The molecule has 0 aliphatic carbocycles. The van der Waals surface area contributed by atoms with Crippen molar-refractivity contribution in [3.05, 3.63) is 35.9 Å².